The van der Waals surface area contributed by atoms with Crippen LogP contribution in [0.5, 0.6) is 5.75 Å². The Balaban J connectivity index is 1.92. The molecule has 0 saturated carbocycles. The predicted octanol–water partition coefficient (Wildman–Crippen LogP) is 1.35. The molecular formula is C15H21BrN2O3. The van der Waals surface area contributed by atoms with E-state index in [1.807, 2.05) is 43.3 Å². The summed E-state index contributed by atoms with van der Waals surface area (Å²) in [5.41, 5.74) is 0. The van der Waals surface area contributed by atoms with Crippen molar-refractivity contribution in [2.24, 2.45) is 0 Å². The van der Waals surface area contributed by atoms with Crippen molar-refractivity contribution in [2.75, 3.05) is 33.8 Å². The predicted molar refractivity (Wildman–Crippen MR) is 84.3 cm³/mol. The number of hydrogen-bond acceptors (Lipinski definition) is 4. The molecule has 5 nitrogen and oxygen atoms in total. The summed E-state index contributed by atoms with van der Waals surface area (Å²) in [6.07, 6.45) is 0.186. The molecule has 1 aliphatic heterocycles. The zero-order valence-electron chi connectivity index (χ0n) is 12.3. The number of β-amino-alcohol motifs (C(OH)–C–C–N with tert-alkyl or cyclic N) is 1. The molecule has 0 aromatic heterocycles. The van der Waals surface area contributed by atoms with E-state index in [-0.39, 0.29) is 18.6 Å². The SMILES string of the molecule is CN(C)CC1CC(O)CN1C(=O)COc1cccc(Br)c1. The second-order valence-corrected chi connectivity index (χ2v) is 6.51. The first-order valence-electron chi connectivity index (χ1n) is 6.96. The first kappa shape index (κ1) is 16.3. The van der Waals surface area contributed by atoms with E-state index in [0.29, 0.717) is 18.7 Å². The topological polar surface area (TPSA) is 53.0 Å². The average Bonchev–Trinajstić information content (AvgIpc) is 2.76. The minimum atomic E-state index is -0.440. The fourth-order valence-corrected chi connectivity index (χ4v) is 2.96. The molecule has 2 atom stereocenters. The minimum absolute atomic E-state index is 0.00684. The van der Waals surface area contributed by atoms with Crippen LogP contribution in [0.15, 0.2) is 28.7 Å². The smallest absolute Gasteiger partial charge is 0.260 e. The van der Waals surface area contributed by atoms with Crippen LogP contribution in [0.2, 0.25) is 0 Å². The highest BCUT2D eigenvalue weighted by molar-refractivity contribution is 9.10. The standard InChI is InChI=1S/C15H21BrN2O3/c1-17(2)8-12-7-13(19)9-18(12)15(20)10-21-14-5-3-4-11(16)6-14/h3-6,12-13,19H,7-10H2,1-2H3. The van der Waals surface area contributed by atoms with Crippen molar-refractivity contribution in [1.29, 1.82) is 0 Å². The van der Waals surface area contributed by atoms with Gasteiger partial charge in [-0.15, -0.1) is 0 Å². The van der Waals surface area contributed by atoms with E-state index in [2.05, 4.69) is 15.9 Å². The highest BCUT2D eigenvalue weighted by Crippen LogP contribution is 2.20. The number of likely N-dealkylation sites (N-methyl/N-ethyl adjacent to an activating group) is 1. The quantitative estimate of drug-likeness (QED) is 0.865. The Hall–Kier alpha value is -1.11. The normalized spacial score (nSPS) is 21.9. The number of rotatable bonds is 5. The first-order valence-corrected chi connectivity index (χ1v) is 7.75. The number of carbonyl (C=O) groups excluding carboxylic acids is 1. The largest absolute Gasteiger partial charge is 0.484 e. The Bertz CT molecular complexity index is 496. The van der Waals surface area contributed by atoms with Gasteiger partial charge in [0.1, 0.15) is 5.75 Å². The molecule has 0 radical (unpaired) electrons. The van der Waals surface area contributed by atoms with Crippen molar-refractivity contribution < 1.29 is 14.6 Å². The number of likely N-dealkylation sites (tertiary alicyclic amines) is 1. The van der Waals surface area contributed by atoms with Crippen LogP contribution in [0, 0.1) is 0 Å². The monoisotopic (exact) mass is 356 g/mol. The van der Waals surface area contributed by atoms with Gasteiger partial charge in [-0.05, 0) is 38.7 Å². The summed E-state index contributed by atoms with van der Waals surface area (Å²) >= 11 is 3.37. The van der Waals surface area contributed by atoms with Crippen molar-refractivity contribution >= 4 is 21.8 Å². The highest BCUT2D eigenvalue weighted by atomic mass is 79.9. The van der Waals surface area contributed by atoms with E-state index >= 15 is 0 Å². The van der Waals surface area contributed by atoms with E-state index < -0.39 is 6.10 Å². The fraction of sp³-hybridized carbons (Fsp3) is 0.533. The van der Waals surface area contributed by atoms with Gasteiger partial charge in [0.25, 0.3) is 5.91 Å². The number of nitrogens with zero attached hydrogens (tertiary/aromatic N) is 2. The van der Waals surface area contributed by atoms with Gasteiger partial charge in [0.05, 0.1) is 6.10 Å². The van der Waals surface area contributed by atoms with Crippen LogP contribution < -0.4 is 4.74 Å². The van der Waals surface area contributed by atoms with Crippen molar-refractivity contribution in [3.63, 3.8) is 0 Å². The molecule has 0 bridgehead atoms. The lowest BCUT2D eigenvalue weighted by atomic mass is 10.2. The van der Waals surface area contributed by atoms with Gasteiger partial charge in [-0.3, -0.25) is 4.79 Å². The first-order chi connectivity index (χ1) is 9.95. The van der Waals surface area contributed by atoms with Crippen molar-refractivity contribution in [1.82, 2.24) is 9.80 Å². The van der Waals surface area contributed by atoms with Crippen LogP contribution >= 0.6 is 15.9 Å². The van der Waals surface area contributed by atoms with Crippen molar-refractivity contribution in [2.45, 2.75) is 18.6 Å². The summed E-state index contributed by atoms with van der Waals surface area (Å²) in [7, 11) is 3.93. The number of aliphatic hydroxyl groups is 1. The van der Waals surface area contributed by atoms with Crippen LogP contribution in [0.25, 0.3) is 0 Å². The molecule has 1 N–H and O–H groups in total. The lowest BCUT2D eigenvalue weighted by molar-refractivity contribution is -0.134. The molecule has 0 aliphatic carbocycles. The summed E-state index contributed by atoms with van der Waals surface area (Å²) in [4.78, 5) is 16.1. The molecule has 1 heterocycles. The summed E-state index contributed by atoms with van der Waals surface area (Å²) in [6, 6.07) is 7.45. The Kier molecular flexibility index (Phi) is 5.61. The lowest BCUT2D eigenvalue weighted by Crippen LogP contribution is -2.43. The van der Waals surface area contributed by atoms with Crippen LogP contribution in [0.3, 0.4) is 0 Å². The van der Waals surface area contributed by atoms with Gasteiger partial charge in [-0.2, -0.15) is 0 Å². The number of carbonyl (C=O) groups is 1. The number of hydrogen-bond donors (Lipinski definition) is 1. The van der Waals surface area contributed by atoms with Crippen molar-refractivity contribution in [3.05, 3.63) is 28.7 Å². The number of benzene rings is 1. The van der Waals surface area contributed by atoms with Crippen molar-refractivity contribution in [3.8, 4) is 5.75 Å². The number of aliphatic hydroxyl groups excluding tert-OH is 1. The molecule has 6 heteroatoms. The summed E-state index contributed by atoms with van der Waals surface area (Å²) in [5.74, 6) is 0.569. The van der Waals surface area contributed by atoms with Crippen LogP contribution in [0.1, 0.15) is 6.42 Å². The van der Waals surface area contributed by atoms with E-state index in [9.17, 15) is 9.90 Å². The van der Waals surface area contributed by atoms with Gasteiger partial charge < -0.3 is 19.6 Å². The van der Waals surface area contributed by atoms with E-state index in [1.165, 1.54) is 0 Å². The zero-order valence-corrected chi connectivity index (χ0v) is 13.9. The molecule has 1 fully saturated rings. The number of amides is 1. The highest BCUT2D eigenvalue weighted by Gasteiger charge is 2.34. The molecule has 21 heavy (non-hydrogen) atoms. The number of halogens is 1. The van der Waals surface area contributed by atoms with Gasteiger partial charge >= 0.3 is 0 Å². The molecule has 2 unspecified atom stereocenters. The Morgan fingerprint density at radius 1 is 1.52 bits per heavy atom. The Labute approximate surface area is 133 Å². The van der Waals surface area contributed by atoms with Crippen LogP contribution in [0.4, 0.5) is 0 Å². The third-order valence-electron chi connectivity index (χ3n) is 3.45. The maximum Gasteiger partial charge on any atom is 0.260 e. The van der Waals surface area contributed by atoms with Gasteiger partial charge in [-0.25, -0.2) is 0 Å². The molecule has 1 aromatic rings. The molecule has 1 amide bonds. The second-order valence-electron chi connectivity index (χ2n) is 5.60. The molecule has 1 saturated heterocycles. The summed E-state index contributed by atoms with van der Waals surface area (Å²) in [6.45, 7) is 1.13. The third-order valence-corrected chi connectivity index (χ3v) is 3.94. The van der Waals surface area contributed by atoms with Gasteiger partial charge in [-0.1, -0.05) is 22.0 Å². The molecule has 2 rings (SSSR count). The van der Waals surface area contributed by atoms with Gasteiger partial charge in [0, 0.05) is 23.6 Å². The fourth-order valence-electron chi connectivity index (χ4n) is 2.58. The lowest BCUT2D eigenvalue weighted by Gasteiger charge is -2.26. The second kappa shape index (κ2) is 7.24. The molecule has 116 valence electrons. The zero-order chi connectivity index (χ0) is 15.4. The molecule has 0 spiro atoms. The number of ether oxygens (including phenoxy) is 1. The van der Waals surface area contributed by atoms with E-state index in [4.69, 9.17) is 4.74 Å². The van der Waals surface area contributed by atoms with E-state index in [0.717, 1.165) is 11.0 Å². The van der Waals surface area contributed by atoms with E-state index in [1.54, 1.807) is 4.90 Å². The van der Waals surface area contributed by atoms with Crippen LogP contribution in [-0.4, -0.2) is 66.8 Å². The van der Waals surface area contributed by atoms with Gasteiger partial charge in [0.2, 0.25) is 0 Å². The Morgan fingerprint density at radius 2 is 2.29 bits per heavy atom. The molecule has 1 aromatic carbocycles. The maximum absolute atomic E-state index is 12.3. The molecule has 1 aliphatic rings. The summed E-state index contributed by atoms with van der Waals surface area (Å²) < 4.78 is 6.44. The third kappa shape index (κ3) is 4.69. The minimum Gasteiger partial charge on any atom is -0.484 e. The Morgan fingerprint density at radius 3 is 2.95 bits per heavy atom. The van der Waals surface area contributed by atoms with Crippen LogP contribution in [-0.2, 0) is 4.79 Å². The maximum atomic E-state index is 12.3. The summed E-state index contributed by atoms with van der Waals surface area (Å²) in [5, 5.41) is 9.79. The average molecular weight is 357 g/mol. The van der Waals surface area contributed by atoms with Gasteiger partial charge in [0.15, 0.2) is 6.61 Å². The molecular weight excluding hydrogens is 336 g/mol.